The molecule has 4 aliphatic carbocycles. The fraction of sp³-hybridized carbons (Fsp3) is 0.667. The standard InChI is InChI=1S/C21H28N2O4/c1-14(17-4-3-5-18(7-17)23(26)27)22(2)19(24)12-20-8-15-6-16(9-20)11-21(25,10-15)13-20/h3-5,7,14-16,25H,6,8-13H2,1-2H3/t14-,15-,16+,20?,21?/m0/s1. The molecule has 0 saturated heterocycles. The number of carbonyl (C=O) groups excluding carboxylic acids is 1. The van der Waals surface area contributed by atoms with Crippen LogP contribution in [0.5, 0.6) is 0 Å². The van der Waals surface area contributed by atoms with E-state index in [-0.39, 0.29) is 23.1 Å². The molecule has 0 spiro atoms. The Hall–Kier alpha value is -1.95. The number of nitrogens with zero attached hydrogens (tertiary/aromatic N) is 2. The second kappa shape index (κ2) is 6.30. The van der Waals surface area contributed by atoms with Gasteiger partial charge in [0.15, 0.2) is 0 Å². The lowest BCUT2D eigenvalue weighted by Crippen LogP contribution is -2.56. The zero-order valence-corrected chi connectivity index (χ0v) is 16.1. The molecule has 4 aliphatic rings. The van der Waals surface area contributed by atoms with Crippen LogP contribution >= 0.6 is 0 Å². The van der Waals surface area contributed by atoms with E-state index in [1.807, 2.05) is 13.0 Å². The van der Waals surface area contributed by atoms with Gasteiger partial charge < -0.3 is 10.0 Å². The predicted octanol–water partition coefficient (Wildman–Crippen LogP) is 3.84. The molecule has 4 saturated carbocycles. The van der Waals surface area contributed by atoms with Crippen molar-refractivity contribution < 1.29 is 14.8 Å². The van der Waals surface area contributed by atoms with E-state index in [2.05, 4.69) is 0 Å². The minimum absolute atomic E-state index is 0.0449. The van der Waals surface area contributed by atoms with Crippen molar-refractivity contribution in [2.45, 2.75) is 63.5 Å². The molecule has 0 radical (unpaired) electrons. The van der Waals surface area contributed by atoms with Gasteiger partial charge in [-0.25, -0.2) is 0 Å². The molecule has 6 heteroatoms. The third-order valence-electron chi connectivity index (χ3n) is 7.22. The van der Waals surface area contributed by atoms with E-state index in [1.54, 1.807) is 24.1 Å². The first-order chi connectivity index (χ1) is 12.7. The molecule has 27 heavy (non-hydrogen) atoms. The molecule has 0 heterocycles. The van der Waals surface area contributed by atoms with E-state index in [0.717, 1.165) is 37.7 Å². The summed E-state index contributed by atoms with van der Waals surface area (Å²) in [5.41, 5.74) is 0.189. The van der Waals surface area contributed by atoms with Crippen LogP contribution in [0.4, 0.5) is 5.69 Å². The van der Waals surface area contributed by atoms with Crippen molar-refractivity contribution in [3.63, 3.8) is 0 Å². The molecule has 4 fully saturated rings. The number of hydrogen-bond donors (Lipinski definition) is 1. The molecule has 1 amide bonds. The maximum Gasteiger partial charge on any atom is 0.269 e. The Morgan fingerprint density at radius 2 is 2.00 bits per heavy atom. The SMILES string of the molecule is C[C@@H](c1cccc([N+](=O)[O-])c1)N(C)C(=O)CC12C[C@@H]3C[C@@H](CC(O)(C3)C1)C2. The number of nitro benzene ring substituents is 1. The molecule has 1 aromatic rings. The quantitative estimate of drug-likeness (QED) is 0.629. The van der Waals surface area contributed by atoms with Crippen LogP contribution in [0.25, 0.3) is 0 Å². The summed E-state index contributed by atoms with van der Waals surface area (Å²) in [5, 5.41) is 21.9. The number of nitro groups is 1. The average molecular weight is 372 g/mol. The lowest BCUT2D eigenvalue weighted by molar-refractivity contribution is -0.384. The predicted molar refractivity (Wildman–Crippen MR) is 101 cm³/mol. The van der Waals surface area contributed by atoms with Crippen LogP contribution in [0.15, 0.2) is 24.3 Å². The van der Waals surface area contributed by atoms with Crippen LogP contribution in [-0.4, -0.2) is 33.5 Å². The maximum absolute atomic E-state index is 13.1. The molecular formula is C21H28N2O4. The van der Waals surface area contributed by atoms with Crippen LogP contribution in [0.3, 0.4) is 0 Å². The van der Waals surface area contributed by atoms with Gasteiger partial charge >= 0.3 is 0 Å². The normalized spacial score (nSPS) is 35.1. The third-order valence-corrected chi connectivity index (χ3v) is 7.22. The Morgan fingerprint density at radius 1 is 1.33 bits per heavy atom. The fourth-order valence-electron chi connectivity index (χ4n) is 6.39. The van der Waals surface area contributed by atoms with Crippen LogP contribution in [0, 0.1) is 27.4 Å². The Kier molecular flexibility index (Phi) is 4.29. The number of hydrogen-bond acceptors (Lipinski definition) is 4. The van der Waals surface area contributed by atoms with Gasteiger partial charge in [0.25, 0.3) is 5.69 Å². The number of amides is 1. The van der Waals surface area contributed by atoms with Crippen molar-refractivity contribution in [3.05, 3.63) is 39.9 Å². The number of benzene rings is 1. The van der Waals surface area contributed by atoms with Gasteiger partial charge in [-0.05, 0) is 68.3 Å². The third kappa shape index (κ3) is 3.35. The van der Waals surface area contributed by atoms with E-state index >= 15 is 0 Å². The first-order valence-corrected chi connectivity index (χ1v) is 9.91. The Labute approximate surface area is 159 Å². The summed E-state index contributed by atoms with van der Waals surface area (Å²) in [6.07, 6.45) is 6.33. The zero-order valence-electron chi connectivity index (χ0n) is 16.1. The van der Waals surface area contributed by atoms with Gasteiger partial charge in [-0.1, -0.05) is 12.1 Å². The van der Waals surface area contributed by atoms with Crippen molar-refractivity contribution >= 4 is 11.6 Å². The highest BCUT2D eigenvalue weighted by molar-refractivity contribution is 5.77. The van der Waals surface area contributed by atoms with E-state index in [0.29, 0.717) is 18.3 Å². The van der Waals surface area contributed by atoms with Crippen LogP contribution in [-0.2, 0) is 4.79 Å². The highest BCUT2D eigenvalue weighted by Crippen LogP contribution is 2.63. The molecule has 0 aliphatic heterocycles. The highest BCUT2D eigenvalue weighted by Gasteiger charge is 2.57. The van der Waals surface area contributed by atoms with Gasteiger partial charge in [0.1, 0.15) is 0 Å². The summed E-state index contributed by atoms with van der Waals surface area (Å²) < 4.78 is 0. The lowest BCUT2D eigenvalue weighted by atomic mass is 9.47. The van der Waals surface area contributed by atoms with E-state index in [1.165, 1.54) is 12.5 Å². The Morgan fingerprint density at radius 3 is 2.59 bits per heavy atom. The number of rotatable bonds is 5. The fourth-order valence-corrected chi connectivity index (χ4v) is 6.39. The maximum atomic E-state index is 13.1. The largest absolute Gasteiger partial charge is 0.390 e. The second-order valence-electron chi connectivity index (χ2n) is 9.39. The molecule has 146 valence electrons. The summed E-state index contributed by atoms with van der Waals surface area (Å²) in [6.45, 7) is 1.91. The molecule has 4 bridgehead atoms. The molecule has 5 atom stereocenters. The van der Waals surface area contributed by atoms with E-state index in [9.17, 15) is 20.0 Å². The number of carbonyl (C=O) groups is 1. The van der Waals surface area contributed by atoms with Crippen LogP contribution in [0.2, 0.25) is 0 Å². The monoisotopic (exact) mass is 372 g/mol. The Balaban J connectivity index is 1.48. The molecule has 1 aromatic carbocycles. The summed E-state index contributed by atoms with van der Waals surface area (Å²) in [5.74, 6) is 1.19. The number of aliphatic hydroxyl groups is 1. The highest BCUT2D eigenvalue weighted by atomic mass is 16.6. The summed E-state index contributed by atoms with van der Waals surface area (Å²) in [4.78, 5) is 25.4. The van der Waals surface area contributed by atoms with Gasteiger partial charge in [0.2, 0.25) is 5.91 Å². The minimum atomic E-state index is -0.561. The average Bonchev–Trinajstić information content (AvgIpc) is 2.57. The summed E-state index contributed by atoms with van der Waals surface area (Å²) >= 11 is 0. The van der Waals surface area contributed by atoms with E-state index in [4.69, 9.17) is 0 Å². The summed E-state index contributed by atoms with van der Waals surface area (Å²) in [7, 11) is 1.78. The molecular weight excluding hydrogens is 344 g/mol. The van der Waals surface area contributed by atoms with Crippen molar-refractivity contribution in [1.29, 1.82) is 0 Å². The van der Waals surface area contributed by atoms with Gasteiger partial charge in [-0.3, -0.25) is 14.9 Å². The first kappa shape index (κ1) is 18.4. The Bertz CT molecular complexity index is 763. The first-order valence-electron chi connectivity index (χ1n) is 9.91. The van der Waals surface area contributed by atoms with Gasteiger partial charge in [-0.15, -0.1) is 0 Å². The smallest absolute Gasteiger partial charge is 0.269 e. The summed E-state index contributed by atoms with van der Waals surface area (Å²) in [6, 6.07) is 6.27. The van der Waals surface area contributed by atoms with Crippen LogP contribution in [0.1, 0.15) is 63.5 Å². The molecule has 1 N–H and O–H groups in total. The van der Waals surface area contributed by atoms with E-state index < -0.39 is 10.5 Å². The van der Waals surface area contributed by atoms with Crippen molar-refractivity contribution in [3.8, 4) is 0 Å². The topological polar surface area (TPSA) is 83.7 Å². The minimum Gasteiger partial charge on any atom is -0.390 e. The zero-order chi connectivity index (χ0) is 19.4. The van der Waals surface area contributed by atoms with Crippen LogP contribution < -0.4 is 0 Å². The molecule has 6 nitrogen and oxygen atoms in total. The van der Waals surface area contributed by atoms with Crippen molar-refractivity contribution in [2.24, 2.45) is 17.3 Å². The van der Waals surface area contributed by atoms with Crippen molar-refractivity contribution in [2.75, 3.05) is 7.05 Å². The van der Waals surface area contributed by atoms with Gasteiger partial charge in [0, 0.05) is 25.6 Å². The second-order valence-corrected chi connectivity index (χ2v) is 9.39. The van der Waals surface area contributed by atoms with Gasteiger partial charge in [0.05, 0.1) is 16.6 Å². The molecule has 0 aromatic heterocycles. The lowest BCUT2D eigenvalue weighted by Gasteiger charge is -2.60. The van der Waals surface area contributed by atoms with Crippen molar-refractivity contribution in [1.82, 2.24) is 4.90 Å². The molecule has 2 unspecified atom stereocenters. The molecule has 5 rings (SSSR count). The van der Waals surface area contributed by atoms with Gasteiger partial charge in [-0.2, -0.15) is 0 Å². The number of non-ortho nitro benzene ring substituents is 1.